The first-order valence-corrected chi connectivity index (χ1v) is 7.68. The molecule has 2 aromatic carbocycles. The van der Waals surface area contributed by atoms with E-state index in [1.54, 1.807) is 11.0 Å². The van der Waals surface area contributed by atoms with E-state index in [9.17, 15) is 9.59 Å². The first-order valence-electron chi connectivity index (χ1n) is 7.68. The van der Waals surface area contributed by atoms with E-state index in [2.05, 4.69) is 0 Å². The van der Waals surface area contributed by atoms with Gasteiger partial charge in [-0.1, -0.05) is 36.4 Å². The average molecular weight is 297 g/mol. The molecule has 1 fully saturated rings. The van der Waals surface area contributed by atoms with Crippen molar-refractivity contribution in [2.75, 3.05) is 19.7 Å². The number of hydrogen-bond donors (Lipinski definition) is 0. The molecule has 3 rings (SSSR count). The van der Waals surface area contributed by atoms with Crippen molar-refractivity contribution in [2.24, 2.45) is 0 Å². The molecule has 1 aliphatic rings. The molecule has 1 heterocycles. The number of hydrogen-bond acceptors (Lipinski definition) is 3. The van der Waals surface area contributed by atoms with E-state index in [4.69, 9.17) is 4.74 Å². The molecule has 0 aromatic heterocycles. The van der Waals surface area contributed by atoms with Crippen LogP contribution in [-0.4, -0.2) is 36.5 Å². The van der Waals surface area contributed by atoms with Gasteiger partial charge in [0.05, 0.1) is 5.56 Å². The molecular formula is C18H19NO3. The molecule has 22 heavy (non-hydrogen) atoms. The predicted molar refractivity (Wildman–Crippen MR) is 84.7 cm³/mol. The normalized spacial score (nSPS) is 14.8. The van der Waals surface area contributed by atoms with Gasteiger partial charge in [0.25, 0.3) is 5.91 Å². The third-order valence-corrected chi connectivity index (χ3v) is 4.05. The molecule has 2 aromatic rings. The Kier molecular flexibility index (Phi) is 4.37. The minimum Gasteiger partial charge on any atom is -0.452 e. The lowest BCUT2D eigenvalue weighted by Crippen LogP contribution is -2.38. The largest absolute Gasteiger partial charge is 0.452 e. The van der Waals surface area contributed by atoms with Gasteiger partial charge >= 0.3 is 5.97 Å². The van der Waals surface area contributed by atoms with Crippen LogP contribution in [0.3, 0.4) is 0 Å². The predicted octanol–water partition coefficient (Wildman–Crippen LogP) is 3.01. The maximum Gasteiger partial charge on any atom is 0.339 e. The number of piperidine rings is 1. The Labute approximate surface area is 129 Å². The molecular weight excluding hydrogens is 278 g/mol. The highest BCUT2D eigenvalue weighted by molar-refractivity contribution is 6.04. The molecule has 4 heteroatoms. The molecule has 0 radical (unpaired) electrons. The van der Waals surface area contributed by atoms with Gasteiger partial charge in [0.1, 0.15) is 0 Å². The van der Waals surface area contributed by atoms with Crippen LogP contribution >= 0.6 is 0 Å². The summed E-state index contributed by atoms with van der Waals surface area (Å²) in [5.74, 6) is -0.546. The van der Waals surface area contributed by atoms with Crippen molar-refractivity contribution in [3.05, 3.63) is 48.0 Å². The monoisotopic (exact) mass is 297 g/mol. The third-order valence-electron chi connectivity index (χ3n) is 4.05. The Morgan fingerprint density at radius 3 is 2.50 bits per heavy atom. The summed E-state index contributed by atoms with van der Waals surface area (Å²) in [7, 11) is 0. The highest BCUT2D eigenvalue weighted by Gasteiger charge is 2.19. The molecule has 114 valence electrons. The summed E-state index contributed by atoms with van der Waals surface area (Å²) in [5, 5.41) is 1.83. The van der Waals surface area contributed by atoms with Crippen LogP contribution in [0.25, 0.3) is 10.8 Å². The van der Waals surface area contributed by atoms with E-state index >= 15 is 0 Å². The maximum atomic E-state index is 12.3. The van der Waals surface area contributed by atoms with E-state index in [0.29, 0.717) is 5.56 Å². The molecule has 0 saturated carbocycles. The van der Waals surface area contributed by atoms with Gasteiger partial charge in [0.2, 0.25) is 0 Å². The number of carbonyl (C=O) groups excluding carboxylic acids is 2. The van der Waals surface area contributed by atoms with Gasteiger partial charge in [-0.15, -0.1) is 0 Å². The zero-order valence-corrected chi connectivity index (χ0v) is 12.5. The molecule has 0 N–H and O–H groups in total. The van der Waals surface area contributed by atoms with Crippen molar-refractivity contribution in [1.29, 1.82) is 0 Å². The van der Waals surface area contributed by atoms with E-state index in [0.717, 1.165) is 36.7 Å². The summed E-state index contributed by atoms with van der Waals surface area (Å²) in [4.78, 5) is 26.1. The Bertz CT molecular complexity index is 684. The SMILES string of the molecule is O=C(OCC(=O)N1CCCCC1)c1cccc2ccccc12. The second kappa shape index (κ2) is 6.60. The van der Waals surface area contributed by atoms with Gasteiger partial charge in [-0.2, -0.15) is 0 Å². The molecule has 1 saturated heterocycles. The minimum absolute atomic E-state index is 0.103. The third kappa shape index (κ3) is 3.11. The van der Waals surface area contributed by atoms with Crippen molar-refractivity contribution in [2.45, 2.75) is 19.3 Å². The van der Waals surface area contributed by atoms with Crippen LogP contribution in [0.1, 0.15) is 29.6 Å². The lowest BCUT2D eigenvalue weighted by Gasteiger charge is -2.26. The van der Waals surface area contributed by atoms with Crippen LogP contribution < -0.4 is 0 Å². The first kappa shape index (κ1) is 14.6. The number of amides is 1. The Morgan fingerprint density at radius 2 is 1.68 bits per heavy atom. The number of likely N-dealkylation sites (tertiary alicyclic amines) is 1. The highest BCUT2D eigenvalue weighted by atomic mass is 16.5. The molecule has 0 bridgehead atoms. The number of ether oxygens (including phenoxy) is 1. The van der Waals surface area contributed by atoms with Crippen LogP contribution in [0.4, 0.5) is 0 Å². The molecule has 0 aliphatic carbocycles. The van der Waals surface area contributed by atoms with Gasteiger partial charge in [-0.25, -0.2) is 4.79 Å². The highest BCUT2D eigenvalue weighted by Crippen LogP contribution is 2.19. The molecule has 1 amide bonds. The van der Waals surface area contributed by atoms with Crippen molar-refractivity contribution in [1.82, 2.24) is 4.90 Å². The average Bonchev–Trinajstić information content (AvgIpc) is 2.59. The Hall–Kier alpha value is -2.36. The van der Waals surface area contributed by atoms with Crippen molar-refractivity contribution in [3.8, 4) is 0 Å². The lowest BCUT2D eigenvalue weighted by atomic mass is 10.1. The van der Waals surface area contributed by atoms with E-state index in [-0.39, 0.29) is 12.5 Å². The number of esters is 1. The second-order valence-corrected chi connectivity index (χ2v) is 5.54. The van der Waals surface area contributed by atoms with E-state index in [1.165, 1.54) is 6.42 Å². The summed E-state index contributed by atoms with van der Waals surface area (Å²) in [6.07, 6.45) is 3.23. The van der Waals surface area contributed by atoms with Gasteiger partial charge in [-0.3, -0.25) is 4.79 Å². The van der Waals surface area contributed by atoms with Crippen LogP contribution in [0.2, 0.25) is 0 Å². The van der Waals surface area contributed by atoms with Crippen molar-refractivity contribution in [3.63, 3.8) is 0 Å². The quantitative estimate of drug-likeness (QED) is 0.818. The number of rotatable bonds is 3. The fourth-order valence-electron chi connectivity index (χ4n) is 2.84. The fourth-order valence-corrected chi connectivity index (χ4v) is 2.84. The fraction of sp³-hybridized carbons (Fsp3) is 0.333. The molecule has 0 unspecified atom stereocenters. The van der Waals surface area contributed by atoms with Gasteiger partial charge < -0.3 is 9.64 Å². The zero-order valence-electron chi connectivity index (χ0n) is 12.5. The smallest absolute Gasteiger partial charge is 0.339 e. The molecule has 0 atom stereocenters. The van der Waals surface area contributed by atoms with Crippen LogP contribution in [0, 0.1) is 0 Å². The van der Waals surface area contributed by atoms with Gasteiger partial charge in [0.15, 0.2) is 6.61 Å². The first-order chi connectivity index (χ1) is 10.8. The summed E-state index contributed by atoms with van der Waals surface area (Å²) < 4.78 is 5.22. The van der Waals surface area contributed by atoms with Crippen LogP contribution in [0.15, 0.2) is 42.5 Å². The maximum absolute atomic E-state index is 12.3. The topological polar surface area (TPSA) is 46.6 Å². The standard InChI is InChI=1S/C18H19NO3/c20-17(19-11-4-1-5-12-19)13-22-18(21)16-10-6-8-14-7-2-3-9-15(14)16/h2-3,6-10H,1,4-5,11-13H2. The number of nitrogens with zero attached hydrogens (tertiary/aromatic N) is 1. The zero-order chi connectivity index (χ0) is 15.4. The summed E-state index contributed by atoms with van der Waals surface area (Å²) in [6.45, 7) is 1.36. The van der Waals surface area contributed by atoms with Crippen molar-refractivity contribution >= 4 is 22.6 Å². The Balaban J connectivity index is 1.67. The van der Waals surface area contributed by atoms with Crippen LogP contribution in [0.5, 0.6) is 0 Å². The lowest BCUT2D eigenvalue weighted by molar-refractivity contribution is -0.135. The summed E-state index contributed by atoms with van der Waals surface area (Å²) in [6, 6.07) is 13.2. The molecule has 1 aliphatic heterocycles. The van der Waals surface area contributed by atoms with Gasteiger partial charge in [0, 0.05) is 13.1 Å². The van der Waals surface area contributed by atoms with Crippen molar-refractivity contribution < 1.29 is 14.3 Å². The molecule has 0 spiro atoms. The minimum atomic E-state index is -0.442. The number of fused-ring (bicyclic) bond motifs is 1. The van der Waals surface area contributed by atoms with Crippen LogP contribution in [-0.2, 0) is 9.53 Å². The Morgan fingerprint density at radius 1 is 0.955 bits per heavy atom. The summed E-state index contributed by atoms with van der Waals surface area (Å²) >= 11 is 0. The van der Waals surface area contributed by atoms with E-state index in [1.807, 2.05) is 36.4 Å². The van der Waals surface area contributed by atoms with Gasteiger partial charge in [-0.05, 0) is 36.1 Å². The summed E-state index contributed by atoms with van der Waals surface area (Å²) in [5.41, 5.74) is 0.504. The number of benzene rings is 2. The van der Waals surface area contributed by atoms with E-state index < -0.39 is 5.97 Å². The number of carbonyl (C=O) groups is 2. The second-order valence-electron chi connectivity index (χ2n) is 5.54. The molecule has 4 nitrogen and oxygen atoms in total.